The van der Waals surface area contributed by atoms with Crippen molar-refractivity contribution in [1.29, 1.82) is 0 Å². The van der Waals surface area contributed by atoms with Gasteiger partial charge in [0.15, 0.2) is 0 Å². The molecule has 3 rings (SSSR count). The smallest absolute Gasteiger partial charge is 0.246 e. The first kappa shape index (κ1) is 10.5. The van der Waals surface area contributed by atoms with E-state index >= 15 is 0 Å². The summed E-state index contributed by atoms with van der Waals surface area (Å²) >= 11 is 0. The summed E-state index contributed by atoms with van der Waals surface area (Å²) < 4.78 is 7.08. The van der Waals surface area contributed by atoms with E-state index in [1.165, 1.54) is 0 Å². The van der Waals surface area contributed by atoms with Crippen LogP contribution in [0.5, 0.6) is 0 Å². The second-order valence-corrected chi connectivity index (χ2v) is 4.69. The Kier molecular flexibility index (Phi) is 2.25. The quantitative estimate of drug-likeness (QED) is 0.840. The Hall–Kier alpha value is -1.69. The molecule has 0 bridgehead atoms. The second-order valence-electron chi connectivity index (χ2n) is 4.69. The highest BCUT2D eigenvalue weighted by Gasteiger charge is 2.35. The van der Waals surface area contributed by atoms with Crippen molar-refractivity contribution in [2.24, 2.45) is 7.05 Å². The molecule has 6 nitrogen and oxygen atoms in total. The Morgan fingerprint density at radius 2 is 2.41 bits per heavy atom. The van der Waals surface area contributed by atoms with Crippen LogP contribution in [-0.4, -0.2) is 26.5 Å². The molecule has 1 aliphatic rings. The summed E-state index contributed by atoms with van der Waals surface area (Å²) in [6, 6.07) is 0. The predicted octanol–water partition coefficient (Wildman–Crippen LogP) is 1.07. The Morgan fingerprint density at radius 3 is 3.06 bits per heavy atom. The van der Waals surface area contributed by atoms with Crippen molar-refractivity contribution < 1.29 is 4.52 Å². The van der Waals surface area contributed by atoms with E-state index in [1.807, 2.05) is 13.2 Å². The van der Waals surface area contributed by atoms with Crippen LogP contribution in [0, 0.1) is 0 Å². The molecular formula is C11H15N5O. The fourth-order valence-corrected chi connectivity index (χ4v) is 2.18. The zero-order valence-electron chi connectivity index (χ0n) is 9.97. The van der Waals surface area contributed by atoms with Gasteiger partial charge in [0.05, 0.1) is 17.3 Å². The van der Waals surface area contributed by atoms with Crippen LogP contribution in [0.25, 0.3) is 11.4 Å². The lowest BCUT2D eigenvalue weighted by Gasteiger charge is -2.18. The zero-order valence-corrected chi connectivity index (χ0v) is 9.97. The van der Waals surface area contributed by atoms with Crippen molar-refractivity contribution in [2.45, 2.75) is 25.3 Å². The Balaban J connectivity index is 1.92. The molecule has 1 N–H and O–H groups in total. The molecule has 2 aromatic heterocycles. The molecule has 0 aliphatic carbocycles. The van der Waals surface area contributed by atoms with Gasteiger partial charge in [-0.15, -0.1) is 0 Å². The fraction of sp³-hybridized carbons (Fsp3) is 0.545. The molecule has 6 heteroatoms. The van der Waals surface area contributed by atoms with Crippen molar-refractivity contribution in [1.82, 2.24) is 25.2 Å². The van der Waals surface area contributed by atoms with Crippen LogP contribution in [0.3, 0.4) is 0 Å². The molecule has 90 valence electrons. The van der Waals surface area contributed by atoms with E-state index in [2.05, 4.69) is 27.5 Å². The van der Waals surface area contributed by atoms with E-state index in [4.69, 9.17) is 4.52 Å². The number of nitrogens with zero attached hydrogens (tertiary/aromatic N) is 4. The summed E-state index contributed by atoms with van der Waals surface area (Å²) in [5.41, 5.74) is 0.706. The van der Waals surface area contributed by atoms with Gasteiger partial charge in [-0.05, 0) is 26.3 Å². The van der Waals surface area contributed by atoms with Gasteiger partial charge in [-0.2, -0.15) is 10.1 Å². The summed E-state index contributed by atoms with van der Waals surface area (Å²) in [6.45, 7) is 3.10. The summed E-state index contributed by atoms with van der Waals surface area (Å²) in [5, 5.41) is 11.5. The molecule has 1 fully saturated rings. The second kappa shape index (κ2) is 3.66. The SMILES string of the molecule is Cn1cc(-c2noc(C3(C)CCCN3)n2)cn1. The number of hydrogen-bond acceptors (Lipinski definition) is 5. The molecule has 1 unspecified atom stereocenters. The largest absolute Gasteiger partial charge is 0.337 e. The van der Waals surface area contributed by atoms with Gasteiger partial charge >= 0.3 is 0 Å². The highest BCUT2D eigenvalue weighted by atomic mass is 16.5. The molecule has 0 saturated carbocycles. The maximum absolute atomic E-state index is 5.35. The Labute approximate surface area is 99.0 Å². The van der Waals surface area contributed by atoms with Gasteiger partial charge < -0.3 is 9.84 Å². The molecule has 0 radical (unpaired) electrons. The molecule has 1 aliphatic heterocycles. The van der Waals surface area contributed by atoms with E-state index in [1.54, 1.807) is 10.9 Å². The normalized spacial score (nSPS) is 24.4. The third kappa shape index (κ3) is 1.74. The van der Waals surface area contributed by atoms with Gasteiger partial charge in [-0.3, -0.25) is 4.68 Å². The van der Waals surface area contributed by atoms with Crippen LogP contribution in [-0.2, 0) is 12.6 Å². The minimum Gasteiger partial charge on any atom is -0.337 e. The highest BCUT2D eigenvalue weighted by Crippen LogP contribution is 2.30. The lowest BCUT2D eigenvalue weighted by Crippen LogP contribution is -2.33. The van der Waals surface area contributed by atoms with Gasteiger partial charge in [-0.25, -0.2) is 0 Å². The van der Waals surface area contributed by atoms with Crippen LogP contribution in [0.15, 0.2) is 16.9 Å². The molecular weight excluding hydrogens is 218 g/mol. The number of nitrogens with one attached hydrogen (secondary N) is 1. The van der Waals surface area contributed by atoms with Crippen molar-refractivity contribution in [3.05, 3.63) is 18.3 Å². The number of aromatic nitrogens is 4. The van der Waals surface area contributed by atoms with Gasteiger partial charge in [0, 0.05) is 13.2 Å². The topological polar surface area (TPSA) is 68.8 Å². The zero-order chi connectivity index (χ0) is 11.9. The minimum atomic E-state index is -0.173. The highest BCUT2D eigenvalue weighted by molar-refractivity contribution is 5.51. The molecule has 0 aromatic carbocycles. The van der Waals surface area contributed by atoms with E-state index in [9.17, 15) is 0 Å². The molecule has 0 spiro atoms. The predicted molar refractivity (Wildman–Crippen MR) is 61.1 cm³/mol. The summed E-state index contributed by atoms with van der Waals surface area (Å²) in [5.74, 6) is 1.26. The van der Waals surface area contributed by atoms with Gasteiger partial charge in [0.1, 0.15) is 0 Å². The molecule has 1 atom stereocenters. The van der Waals surface area contributed by atoms with E-state index in [-0.39, 0.29) is 5.54 Å². The maximum Gasteiger partial charge on any atom is 0.246 e. The van der Waals surface area contributed by atoms with E-state index < -0.39 is 0 Å². The van der Waals surface area contributed by atoms with Gasteiger partial charge in [-0.1, -0.05) is 5.16 Å². The van der Waals surface area contributed by atoms with Crippen LogP contribution in [0.4, 0.5) is 0 Å². The first-order valence-corrected chi connectivity index (χ1v) is 5.76. The monoisotopic (exact) mass is 233 g/mol. The summed E-state index contributed by atoms with van der Waals surface area (Å²) in [4.78, 5) is 4.45. The number of aryl methyl sites for hydroxylation is 1. The maximum atomic E-state index is 5.35. The van der Waals surface area contributed by atoms with E-state index in [0.717, 1.165) is 24.9 Å². The average molecular weight is 233 g/mol. The summed E-state index contributed by atoms with van der Waals surface area (Å²) in [7, 11) is 1.87. The minimum absolute atomic E-state index is 0.173. The first-order valence-electron chi connectivity index (χ1n) is 5.76. The summed E-state index contributed by atoms with van der Waals surface area (Å²) in [6.07, 6.45) is 5.78. The average Bonchev–Trinajstić information content (AvgIpc) is 2.96. The third-order valence-corrected chi connectivity index (χ3v) is 3.23. The van der Waals surface area contributed by atoms with Crippen molar-refractivity contribution >= 4 is 0 Å². The molecule has 0 amide bonds. The number of hydrogen-bond donors (Lipinski definition) is 1. The number of rotatable bonds is 2. The lowest BCUT2D eigenvalue weighted by molar-refractivity contribution is 0.275. The molecule has 2 aromatic rings. The molecule has 1 saturated heterocycles. The van der Waals surface area contributed by atoms with Crippen LogP contribution in [0.1, 0.15) is 25.7 Å². The lowest BCUT2D eigenvalue weighted by atomic mass is 10.0. The fourth-order valence-electron chi connectivity index (χ4n) is 2.18. The van der Waals surface area contributed by atoms with Gasteiger partial charge in [0.2, 0.25) is 11.7 Å². The Bertz CT molecular complexity index is 523. The van der Waals surface area contributed by atoms with Crippen molar-refractivity contribution in [3.63, 3.8) is 0 Å². The van der Waals surface area contributed by atoms with Crippen LogP contribution >= 0.6 is 0 Å². The van der Waals surface area contributed by atoms with Crippen molar-refractivity contribution in [3.8, 4) is 11.4 Å². The third-order valence-electron chi connectivity index (χ3n) is 3.23. The van der Waals surface area contributed by atoms with Crippen LogP contribution in [0.2, 0.25) is 0 Å². The molecule has 17 heavy (non-hydrogen) atoms. The Morgan fingerprint density at radius 1 is 1.53 bits per heavy atom. The molecule has 3 heterocycles. The van der Waals surface area contributed by atoms with E-state index in [0.29, 0.717) is 11.7 Å². The standard InChI is InChI=1S/C11H15N5O/c1-11(4-3-5-12-11)10-14-9(15-17-10)8-6-13-16(2)7-8/h6-7,12H,3-5H2,1-2H3. The van der Waals surface area contributed by atoms with Gasteiger partial charge in [0.25, 0.3) is 0 Å². The van der Waals surface area contributed by atoms with Crippen LogP contribution < -0.4 is 5.32 Å². The first-order chi connectivity index (χ1) is 8.17. The van der Waals surface area contributed by atoms with Crippen molar-refractivity contribution in [2.75, 3.05) is 6.54 Å².